The molecule has 1 aliphatic carbocycles. The standard InChI is InChI=1S/C30H35NO11/c1-37-17-10-9-14(11-19(17)38-2)18-12-16(32)22-21(41-18)13-20(39-3)23(27(22)40-4)28-25(34)24(33)26(35)29(42-28)30(36)31-15-7-5-6-8-15/h9-13,15,24-26,28-29,33-35H,5-8H2,1-4H3,(H,31,36)/t24-,25-,26+,28+,29+/m1/s1. The lowest BCUT2D eigenvalue weighted by atomic mass is 9.89. The van der Waals surface area contributed by atoms with Gasteiger partial charge in [-0.15, -0.1) is 0 Å². The SMILES string of the molecule is COc1ccc(-c2cc(=O)c3c(OC)c([C@@H]4O[C@H](C(=O)NC5CCCC5)[C@@H](O)[C@H](O)[C@H]4O)c(OC)cc3o2)cc1OC. The van der Waals surface area contributed by atoms with Crippen LogP contribution >= 0.6 is 0 Å². The largest absolute Gasteiger partial charge is 0.496 e. The Hall–Kier alpha value is -3.84. The third kappa shape index (κ3) is 5.26. The van der Waals surface area contributed by atoms with Crippen molar-refractivity contribution in [3.63, 3.8) is 0 Å². The Morgan fingerprint density at radius 3 is 2.19 bits per heavy atom. The molecule has 5 rings (SSSR count). The van der Waals surface area contributed by atoms with Gasteiger partial charge in [-0.25, -0.2) is 0 Å². The van der Waals surface area contributed by atoms with E-state index >= 15 is 0 Å². The van der Waals surface area contributed by atoms with E-state index in [1.807, 2.05) is 0 Å². The van der Waals surface area contributed by atoms with Gasteiger partial charge in [0.2, 0.25) is 0 Å². The number of aliphatic hydroxyl groups excluding tert-OH is 3. The molecule has 5 atom stereocenters. The van der Waals surface area contributed by atoms with Gasteiger partial charge in [0.25, 0.3) is 5.91 Å². The highest BCUT2D eigenvalue weighted by atomic mass is 16.5. The normalized spacial score (nSPS) is 24.4. The van der Waals surface area contributed by atoms with Gasteiger partial charge in [-0.2, -0.15) is 0 Å². The van der Waals surface area contributed by atoms with Crippen LogP contribution in [0, 0.1) is 0 Å². The average Bonchev–Trinajstić information content (AvgIpc) is 3.51. The maximum absolute atomic E-state index is 13.5. The molecule has 0 radical (unpaired) electrons. The number of benzene rings is 2. The Morgan fingerprint density at radius 2 is 1.55 bits per heavy atom. The number of hydrogen-bond acceptors (Lipinski definition) is 11. The number of aliphatic hydroxyl groups is 3. The summed E-state index contributed by atoms with van der Waals surface area (Å²) in [5.41, 5.74) is 0.276. The first-order valence-electron chi connectivity index (χ1n) is 13.7. The molecule has 3 aromatic rings. The van der Waals surface area contributed by atoms with Crippen LogP contribution in [0.3, 0.4) is 0 Å². The summed E-state index contributed by atoms with van der Waals surface area (Å²) in [5.74, 6) is 0.656. The van der Waals surface area contributed by atoms with Gasteiger partial charge in [0.15, 0.2) is 23.0 Å². The minimum absolute atomic E-state index is 0.0282. The summed E-state index contributed by atoms with van der Waals surface area (Å²) < 4.78 is 34.0. The smallest absolute Gasteiger partial charge is 0.252 e. The minimum Gasteiger partial charge on any atom is -0.496 e. The number of methoxy groups -OCH3 is 4. The van der Waals surface area contributed by atoms with Gasteiger partial charge < -0.3 is 48.7 Å². The lowest BCUT2D eigenvalue weighted by Crippen LogP contribution is -2.59. The highest BCUT2D eigenvalue weighted by Crippen LogP contribution is 2.46. The second-order valence-corrected chi connectivity index (χ2v) is 10.4. The van der Waals surface area contributed by atoms with E-state index in [1.54, 1.807) is 18.2 Å². The summed E-state index contributed by atoms with van der Waals surface area (Å²) in [6.07, 6.45) is -4.46. The minimum atomic E-state index is -1.74. The second kappa shape index (κ2) is 12.2. The van der Waals surface area contributed by atoms with Crippen molar-refractivity contribution >= 4 is 16.9 Å². The number of nitrogens with one attached hydrogen (secondary N) is 1. The number of ether oxygens (including phenoxy) is 5. The summed E-state index contributed by atoms with van der Waals surface area (Å²) in [7, 11) is 5.70. The van der Waals surface area contributed by atoms with Crippen LogP contribution in [0.1, 0.15) is 37.4 Å². The molecule has 12 heteroatoms. The van der Waals surface area contributed by atoms with Crippen LogP contribution in [0.2, 0.25) is 0 Å². The van der Waals surface area contributed by atoms with Crippen LogP contribution in [-0.2, 0) is 9.53 Å². The van der Waals surface area contributed by atoms with Gasteiger partial charge >= 0.3 is 0 Å². The van der Waals surface area contributed by atoms with E-state index in [-0.39, 0.29) is 39.8 Å². The van der Waals surface area contributed by atoms with Crippen molar-refractivity contribution in [1.82, 2.24) is 5.32 Å². The summed E-state index contributed by atoms with van der Waals surface area (Å²) in [5, 5.41) is 35.3. The summed E-state index contributed by atoms with van der Waals surface area (Å²) >= 11 is 0. The number of carbonyl (C=O) groups is 1. The van der Waals surface area contributed by atoms with Crippen molar-refractivity contribution in [2.24, 2.45) is 0 Å². The zero-order valence-electron chi connectivity index (χ0n) is 23.8. The molecule has 2 fully saturated rings. The molecule has 2 aromatic carbocycles. The molecule has 0 spiro atoms. The predicted molar refractivity (Wildman–Crippen MR) is 150 cm³/mol. The molecule has 1 aromatic heterocycles. The number of carbonyl (C=O) groups excluding carboxylic acids is 1. The Bertz CT molecular complexity index is 1510. The molecule has 4 N–H and O–H groups in total. The van der Waals surface area contributed by atoms with Gasteiger partial charge in [0.1, 0.15) is 52.6 Å². The van der Waals surface area contributed by atoms with E-state index in [9.17, 15) is 24.9 Å². The van der Waals surface area contributed by atoms with E-state index in [2.05, 4.69) is 5.32 Å². The summed E-state index contributed by atoms with van der Waals surface area (Å²) in [4.78, 5) is 26.6. The molecular weight excluding hydrogens is 550 g/mol. The number of amides is 1. The Kier molecular flexibility index (Phi) is 8.60. The van der Waals surface area contributed by atoms with E-state index in [0.29, 0.717) is 17.1 Å². The van der Waals surface area contributed by atoms with E-state index in [4.69, 9.17) is 28.1 Å². The first-order chi connectivity index (χ1) is 20.2. The maximum Gasteiger partial charge on any atom is 0.252 e. The fourth-order valence-corrected chi connectivity index (χ4v) is 5.75. The zero-order chi connectivity index (χ0) is 30.1. The fourth-order valence-electron chi connectivity index (χ4n) is 5.75. The lowest BCUT2D eigenvalue weighted by molar-refractivity contribution is -0.223. The van der Waals surface area contributed by atoms with Crippen molar-refractivity contribution < 1.29 is 48.2 Å². The molecule has 1 aliphatic heterocycles. The molecule has 226 valence electrons. The Morgan fingerprint density at radius 1 is 0.857 bits per heavy atom. The molecule has 1 amide bonds. The first kappa shape index (κ1) is 29.6. The van der Waals surface area contributed by atoms with Gasteiger partial charge in [0, 0.05) is 23.7 Å². The summed E-state index contributed by atoms with van der Waals surface area (Å²) in [6, 6.07) is 7.73. The predicted octanol–water partition coefficient (Wildman–Crippen LogP) is 2.08. The van der Waals surface area contributed by atoms with Crippen molar-refractivity contribution in [3.8, 4) is 34.3 Å². The van der Waals surface area contributed by atoms with Crippen LogP contribution < -0.4 is 29.7 Å². The highest BCUT2D eigenvalue weighted by molar-refractivity contribution is 5.89. The molecule has 2 aliphatic rings. The molecule has 1 saturated heterocycles. The third-order valence-electron chi connectivity index (χ3n) is 7.92. The number of hydrogen-bond donors (Lipinski definition) is 4. The van der Waals surface area contributed by atoms with Gasteiger partial charge in [-0.3, -0.25) is 9.59 Å². The van der Waals surface area contributed by atoms with Gasteiger partial charge in [-0.1, -0.05) is 12.8 Å². The molecule has 42 heavy (non-hydrogen) atoms. The van der Waals surface area contributed by atoms with Gasteiger partial charge in [0.05, 0.1) is 34.0 Å². The van der Waals surface area contributed by atoms with Crippen molar-refractivity contribution in [2.45, 2.75) is 62.2 Å². The van der Waals surface area contributed by atoms with Crippen LogP contribution in [0.4, 0.5) is 0 Å². The number of fused-ring (bicyclic) bond motifs is 1. The molecular formula is C30H35NO11. The molecule has 1 saturated carbocycles. The lowest BCUT2D eigenvalue weighted by Gasteiger charge is -2.41. The average molecular weight is 586 g/mol. The molecule has 12 nitrogen and oxygen atoms in total. The highest BCUT2D eigenvalue weighted by Gasteiger charge is 2.49. The molecule has 2 heterocycles. The summed E-state index contributed by atoms with van der Waals surface area (Å²) in [6.45, 7) is 0. The fraction of sp³-hybridized carbons (Fsp3) is 0.467. The van der Waals surface area contributed by atoms with Crippen molar-refractivity contribution in [2.75, 3.05) is 28.4 Å². The van der Waals surface area contributed by atoms with Crippen LogP contribution in [0.5, 0.6) is 23.0 Å². The Balaban J connectivity index is 1.59. The molecule has 0 bridgehead atoms. The third-order valence-corrected chi connectivity index (χ3v) is 7.92. The maximum atomic E-state index is 13.5. The van der Waals surface area contributed by atoms with Crippen molar-refractivity contribution in [1.29, 1.82) is 0 Å². The topological polar surface area (TPSA) is 166 Å². The monoisotopic (exact) mass is 585 g/mol. The molecule has 0 unspecified atom stereocenters. The van der Waals surface area contributed by atoms with Crippen LogP contribution in [0.25, 0.3) is 22.3 Å². The van der Waals surface area contributed by atoms with E-state index in [1.165, 1.54) is 40.6 Å². The second-order valence-electron chi connectivity index (χ2n) is 10.4. The zero-order valence-corrected chi connectivity index (χ0v) is 23.8. The Labute approximate surface area is 241 Å². The van der Waals surface area contributed by atoms with E-state index in [0.717, 1.165) is 25.7 Å². The quantitative estimate of drug-likeness (QED) is 0.306. The van der Waals surface area contributed by atoms with Gasteiger partial charge in [-0.05, 0) is 31.0 Å². The van der Waals surface area contributed by atoms with Crippen molar-refractivity contribution in [3.05, 3.63) is 46.1 Å². The van der Waals surface area contributed by atoms with E-state index < -0.39 is 41.9 Å². The number of rotatable bonds is 8. The van der Waals surface area contributed by atoms with Crippen LogP contribution in [0.15, 0.2) is 39.5 Å². The first-order valence-corrected chi connectivity index (χ1v) is 13.7. The van der Waals surface area contributed by atoms with Crippen LogP contribution in [-0.4, -0.2) is 80.1 Å².